The van der Waals surface area contributed by atoms with Crippen molar-refractivity contribution in [3.05, 3.63) is 17.7 Å². The smallest absolute Gasteiger partial charge is 0.132 e. The van der Waals surface area contributed by atoms with Crippen LogP contribution in [0.2, 0.25) is 0 Å². The minimum Gasteiger partial charge on any atom is -0.384 e. The van der Waals surface area contributed by atoms with E-state index in [1.165, 1.54) is 0 Å². The van der Waals surface area contributed by atoms with Crippen LogP contribution in [0.25, 0.3) is 0 Å². The Morgan fingerprint density at radius 1 is 1.62 bits per heavy atom. The van der Waals surface area contributed by atoms with Gasteiger partial charge in [0, 0.05) is 13.1 Å². The number of rotatable bonds is 1. The number of nitrogen functional groups attached to an aromatic ring is 1. The summed E-state index contributed by atoms with van der Waals surface area (Å²) in [5.41, 5.74) is 6.20. The number of aromatic nitrogens is 1. The molecule has 1 aromatic heterocycles. The van der Waals surface area contributed by atoms with E-state index in [9.17, 15) is 0 Å². The average molecular weight is 218 g/mol. The molecule has 1 aliphatic rings. The Morgan fingerprint density at radius 2 is 2.44 bits per heavy atom. The van der Waals surface area contributed by atoms with E-state index in [0.29, 0.717) is 18.0 Å². The van der Waals surface area contributed by atoms with Gasteiger partial charge in [-0.25, -0.2) is 4.98 Å². The number of morpholine rings is 1. The zero-order valence-corrected chi connectivity index (χ0v) is 9.18. The topological polar surface area (TPSA) is 75.2 Å². The predicted octanol–water partition coefficient (Wildman–Crippen LogP) is 0.761. The molecule has 2 heterocycles. The fourth-order valence-corrected chi connectivity index (χ4v) is 1.79. The highest BCUT2D eigenvalue weighted by Crippen LogP contribution is 2.18. The zero-order valence-electron chi connectivity index (χ0n) is 9.18. The fraction of sp³-hybridized carbons (Fsp3) is 0.455. The Bertz CT molecular complexity index is 426. The first kappa shape index (κ1) is 10.7. The zero-order chi connectivity index (χ0) is 11.5. The second-order valence-electron chi connectivity index (χ2n) is 3.88. The largest absolute Gasteiger partial charge is 0.384 e. The lowest BCUT2D eigenvalue weighted by atomic mass is 10.2. The molecule has 0 spiro atoms. The molecule has 5 nitrogen and oxygen atoms in total. The molecule has 1 atom stereocenters. The van der Waals surface area contributed by atoms with Crippen LogP contribution in [0.1, 0.15) is 12.5 Å². The van der Waals surface area contributed by atoms with Gasteiger partial charge in [0.2, 0.25) is 0 Å². The van der Waals surface area contributed by atoms with E-state index in [4.69, 9.17) is 15.7 Å². The van der Waals surface area contributed by atoms with Crippen molar-refractivity contribution in [3.63, 3.8) is 0 Å². The van der Waals surface area contributed by atoms with Gasteiger partial charge in [0.15, 0.2) is 0 Å². The standard InChI is InChI=1S/C11H14N4O/c1-8-7-15(2-3-16-8)11-5-9(6-12)4-10(13)14-11/h4-5,8H,2-3,7H2,1H3,(H2,13,14)/t8-/m1/s1. The summed E-state index contributed by atoms with van der Waals surface area (Å²) in [5, 5.41) is 8.86. The van der Waals surface area contributed by atoms with Crippen molar-refractivity contribution in [1.82, 2.24) is 4.98 Å². The summed E-state index contributed by atoms with van der Waals surface area (Å²) in [4.78, 5) is 6.33. The molecule has 1 saturated heterocycles. The highest BCUT2D eigenvalue weighted by Gasteiger charge is 2.18. The van der Waals surface area contributed by atoms with Gasteiger partial charge in [-0.05, 0) is 19.1 Å². The molecule has 0 saturated carbocycles. The Kier molecular flexibility index (Phi) is 2.93. The van der Waals surface area contributed by atoms with Crippen LogP contribution in [-0.4, -0.2) is 30.8 Å². The monoisotopic (exact) mass is 218 g/mol. The molecule has 0 aromatic carbocycles. The molecule has 0 radical (unpaired) electrons. The summed E-state index contributed by atoms with van der Waals surface area (Å²) in [7, 11) is 0. The first-order chi connectivity index (χ1) is 7.69. The first-order valence-corrected chi connectivity index (χ1v) is 5.23. The second-order valence-corrected chi connectivity index (χ2v) is 3.88. The molecule has 84 valence electrons. The minimum atomic E-state index is 0.183. The van der Waals surface area contributed by atoms with Crippen LogP contribution in [0.4, 0.5) is 11.6 Å². The van der Waals surface area contributed by atoms with Crippen LogP contribution in [0.5, 0.6) is 0 Å². The van der Waals surface area contributed by atoms with Crippen LogP contribution in [0.15, 0.2) is 12.1 Å². The summed E-state index contributed by atoms with van der Waals surface area (Å²) >= 11 is 0. The third-order valence-corrected chi connectivity index (χ3v) is 2.53. The Balaban J connectivity index is 2.26. The van der Waals surface area contributed by atoms with Gasteiger partial charge in [-0.2, -0.15) is 5.26 Å². The third-order valence-electron chi connectivity index (χ3n) is 2.53. The van der Waals surface area contributed by atoms with Crippen molar-refractivity contribution in [3.8, 4) is 6.07 Å². The summed E-state index contributed by atoms with van der Waals surface area (Å²) in [5.74, 6) is 1.14. The summed E-state index contributed by atoms with van der Waals surface area (Å²) in [6, 6.07) is 5.42. The van der Waals surface area contributed by atoms with Crippen LogP contribution in [-0.2, 0) is 4.74 Å². The van der Waals surface area contributed by atoms with Crippen molar-refractivity contribution in [2.45, 2.75) is 13.0 Å². The lowest BCUT2D eigenvalue weighted by molar-refractivity contribution is 0.0529. The quantitative estimate of drug-likeness (QED) is 0.753. The lowest BCUT2D eigenvalue weighted by Crippen LogP contribution is -2.41. The summed E-state index contributed by atoms with van der Waals surface area (Å²) in [6.07, 6.45) is 0.183. The first-order valence-electron chi connectivity index (χ1n) is 5.23. The molecule has 0 amide bonds. The van der Waals surface area contributed by atoms with E-state index in [0.717, 1.165) is 18.9 Å². The van der Waals surface area contributed by atoms with Crippen molar-refractivity contribution < 1.29 is 4.74 Å². The maximum atomic E-state index is 8.86. The van der Waals surface area contributed by atoms with E-state index in [-0.39, 0.29) is 6.10 Å². The van der Waals surface area contributed by atoms with E-state index in [2.05, 4.69) is 16.0 Å². The van der Waals surface area contributed by atoms with Crippen molar-refractivity contribution in [2.75, 3.05) is 30.3 Å². The minimum absolute atomic E-state index is 0.183. The fourth-order valence-electron chi connectivity index (χ4n) is 1.79. The van der Waals surface area contributed by atoms with Crippen molar-refractivity contribution in [2.24, 2.45) is 0 Å². The molecular weight excluding hydrogens is 204 g/mol. The second kappa shape index (κ2) is 4.37. The molecule has 0 aliphatic carbocycles. The average Bonchev–Trinajstić information content (AvgIpc) is 2.28. The Hall–Kier alpha value is -1.80. The van der Waals surface area contributed by atoms with E-state index in [1.807, 2.05) is 6.92 Å². The third kappa shape index (κ3) is 2.23. The molecule has 0 unspecified atom stereocenters. The molecule has 1 aromatic rings. The number of hydrogen-bond acceptors (Lipinski definition) is 5. The van der Waals surface area contributed by atoms with E-state index >= 15 is 0 Å². The van der Waals surface area contributed by atoms with Crippen LogP contribution in [0, 0.1) is 11.3 Å². The molecule has 5 heteroatoms. The van der Waals surface area contributed by atoms with Gasteiger partial charge < -0.3 is 15.4 Å². The number of pyridine rings is 1. The predicted molar refractivity (Wildman–Crippen MR) is 61.0 cm³/mol. The number of anilines is 2. The van der Waals surface area contributed by atoms with Crippen LogP contribution < -0.4 is 10.6 Å². The molecule has 1 aliphatic heterocycles. The van der Waals surface area contributed by atoms with Gasteiger partial charge in [-0.1, -0.05) is 0 Å². The molecule has 1 fully saturated rings. The maximum Gasteiger partial charge on any atom is 0.132 e. The molecule has 2 rings (SSSR count). The van der Waals surface area contributed by atoms with Gasteiger partial charge in [0.05, 0.1) is 24.3 Å². The summed E-state index contributed by atoms with van der Waals surface area (Å²) in [6.45, 7) is 4.26. The van der Waals surface area contributed by atoms with E-state index in [1.54, 1.807) is 12.1 Å². The van der Waals surface area contributed by atoms with Crippen molar-refractivity contribution >= 4 is 11.6 Å². The molecule has 16 heavy (non-hydrogen) atoms. The summed E-state index contributed by atoms with van der Waals surface area (Å²) < 4.78 is 5.45. The van der Waals surface area contributed by atoms with Crippen LogP contribution >= 0.6 is 0 Å². The maximum absolute atomic E-state index is 8.86. The number of nitrogens with two attached hydrogens (primary N) is 1. The van der Waals surface area contributed by atoms with Crippen LogP contribution in [0.3, 0.4) is 0 Å². The van der Waals surface area contributed by atoms with E-state index < -0.39 is 0 Å². The molecule has 0 bridgehead atoms. The normalized spacial score (nSPS) is 20.5. The van der Waals surface area contributed by atoms with Gasteiger partial charge in [-0.3, -0.25) is 0 Å². The van der Waals surface area contributed by atoms with Crippen molar-refractivity contribution in [1.29, 1.82) is 5.26 Å². The number of nitrogens with zero attached hydrogens (tertiary/aromatic N) is 3. The highest BCUT2D eigenvalue weighted by molar-refractivity contribution is 5.52. The van der Waals surface area contributed by atoms with Gasteiger partial charge in [-0.15, -0.1) is 0 Å². The van der Waals surface area contributed by atoms with Gasteiger partial charge in [0.25, 0.3) is 0 Å². The Morgan fingerprint density at radius 3 is 3.12 bits per heavy atom. The number of hydrogen-bond donors (Lipinski definition) is 1. The Labute approximate surface area is 94.4 Å². The number of nitriles is 1. The van der Waals surface area contributed by atoms with Gasteiger partial charge in [0.1, 0.15) is 11.6 Å². The molecule has 2 N–H and O–H groups in total. The SMILES string of the molecule is C[C@@H]1CN(c2cc(C#N)cc(N)n2)CCO1. The highest BCUT2D eigenvalue weighted by atomic mass is 16.5. The van der Waals surface area contributed by atoms with Gasteiger partial charge >= 0.3 is 0 Å². The molecular formula is C11H14N4O. The lowest BCUT2D eigenvalue weighted by Gasteiger charge is -2.32. The number of ether oxygens (including phenoxy) is 1.